The minimum absolute atomic E-state index is 0.0490. The third-order valence-electron chi connectivity index (χ3n) is 4.99. The van der Waals surface area contributed by atoms with Crippen molar-refractivity contribution in [2.45, 2.75) is 31.6 Å². The van der Waals surface area contributed by atoms with Crippen LogP contribution in [0.2, 0.25) is 0 Å². The summed E-state index contributed by atoms with van der Waals surface area (Å²) in [6.07, 6.45) is 3.21. The standard InChI is InChI=1S/C18H21N3O4/c22-16(20-9-6-18(7-10-20)24-11-12-25-18)5-8-21-13-19-15-4-2-1-3-14(15)17(21)23/h1-4,13H,5-12H2. The molecule has 0 N–H and O–H groups in total. The molecule has 1 aromatic heterocycles. The fourth-order valence-corrected chi connectivity index (χ4v) is 3.52. The molecule has 25 heavy (non-hydrogen) atoms. The van der Waals surface area contributed by atoms with E-state index in [0.717, 1.165) is 0 Å². The Kier molecular flexibility index (Phi) is 4.27. The number of aromatic nitrogens is 2. The number of rotatable bonds is 3. The second-order valence-electron chi connectivity index (χ2n) is 6.50. The van der Waals surface area contributed by atoms with Crippen LogP contribution >= 0.6 is 0 Å². The highest BCUT2D eigenvalue weighted by atomic mass is 16.7. The molecule has 0 saturated carbocycles. The second kappa shape index (κ2) is 6.57. The van der Waals surface area contributed by atoms with Gasteiger partial charge in [0.05, 0.1) is 30.4 Å². The summed E-state index contributed by atoms with van der Waals surface area (Å²) in [7, 11) is 0. The van der Waals surface area contributed by atoms with Crippen LogP contribution in [0.5, 0.6) is 0 Å². The molecule has 2 aliphatic rings. The molecule has 7 heteroatoms. The van der Waals surface area contributed by atoms with Gasteiger partial charge in [0.2, 0.25) is 5.91 Å². The number of hydrogen-bond donors (Lipinski definition) is 0. The molecule has 0 bridgehead atoms. The molecule has 2 saturated heterocycles. The zero-order chi connectivity index (χ0) is 17.3. The van der Waals surface area contributed by atoms with Gasteiger partial charge in [-0.15, -0.1) is 0 Å². The fourth-order valence-electron chi connectivity index (χ4n) is 3.52. The highest BCUT2D eigenvalue weighted by Crippen LogP contribution is 2.31. The van der Waals surface area contributed by atoms with Crippen LogP contribution in [0.25, 0.3) is 10.9 Å². The maximum Gasteiger partial charge on any atom is 0.261 e. The number of nitrogens with zero attached hydrogens (tertiary/aromatic N) is 3. The van der Waals surface area contributed by atoms with Crippen molar-refractivity contribution in [2.24, 2.45) is 0 Å². The lowest BCUT2D eigenvalue weighted by Gasteiger charge is -2.37. The number of hydrogen-bond acceptors (Lipinski definition) is 5. The van der Waals surface area contributed by atoms with Gasteiger partial charge in [-0.1, -0.05) is 12.1 Å². The summed E-state index contributed by atoms with van der Waals surface area (Å²) >= 11 is 0. The summed E-state index contributed by atoms with van der Waals surface area (Å²) in [5, 5.41) is 0.577. The first-order chi connectivity index (χ1) is 12.2. The molecule has 2 fully saturated rings. The number of para-hydroxylation sites is 1. The first-order valence-corrected chi connectivity index (χ1v) is 8.67. The lowest BCUT2D eigenvalue weighted by molar-refractivity contribution is -0.187. The van der Waals surface area contributed by atoms with Gasteiger partial charge in [-0.25, -0.2) is 4.98 Å². The molecule has 0 radical (unpaired) electrons. The second-order valence-corrected chi connectivity index (χ2v) is 6.50. The number of ether oxygens (including phenoxy) is 2. The minimum Gasteiger partial charge on any atom is -0.347 e. The van der Waals surface area contributed by atoms with Gasteiger partial charge in [-0.05, 0) is 12.1 Å². The Morgan fingerprint density at radius 3 is 2.64 bits per heavy atom. The Labute approximate surface area is 145 Å². The lowest BCUT2D eigenvalue weighted by Crippen LogP contribution is -2.47. The highest BCUT2D eigenvalue weighted by Gasteiger charge is 2.40. The van der Waals surface area contributed by atoms with Gasteiger partial charge in [0.25, 0.3) is 5.56 Å². The largest absolute Gasteiger partial charge is 0.347 e. The molecular weight excluding hydrogens is 322 g/mol. The quantitative estimate of drug-likeness (QED) is 0.836. The molecule has 1 spiro atoms. The third kappa shape index (κ3) is 3.17. The zero-order valence-corrected chi connectivity index (χ0v) is 14.0. The van der Waals surface area contributed by atoms with Crippen molar-refractivity contribution in [3.63, 3.8) is 0 Å². The van der Waals surface area contributed by atoms with Crippen LogP contribution in [0.3, 0.4) is 0 Å². The molecule has 2 aromatic rings. The van der Waals surface area contributed by atoms with E-state index in [2.05, 4.69) is 4.98 Å². The molecule has 0 unspecified atom stereocenters. The molecule has 1 aromatic carbocycles. The van der Waals surface area contributed by atoms with E-state index in [1.54, 1.807) is 6.07 Å². The number of amides is 1. The van der Waals surface area contributed by atoms with E-state index >= 15 is 0 Å². The van der Waals surface area contributed by atoms with Gasteiger partial charge < -0.3 is 14.4 Å². The van der Waals surface area contributed by atoms with Crippen molar-refractivity contribution in [1.29, 1.82) is 0 Å². The molecule has 0 atom stereocenters. The SMILES string of the molecule is O=C(CCn1cnc2ccccc2c1=O)N1CCC2(CC1)OCCO2. The van der Waals surface area contributed by atoms with Gasteiger partial charge >= 0.3 is 0 Å². The molecule has 2 aliphatic heterocycles. The van der Waals surface area contributed by atoms with Crippen LogP contribution in [0.1, 0.15) is 19.3 Å². The van der Waals surface area contributed by atoms with Gasteiger partial charge in [-0.3, -0.25) is 14.2 Å². The number of fused-ring (bicyclic) bond motifs is 1. The zero-order valence-electron chi connectivity index (χ0n) is 14.0. The minimum atomic E-state index is -0.476. The van der Waals surface area contributed by atoms with Crippen molar-refractivity contribution in [3.8, 4) is 0 Å². The van der Waals surface area contributed by atoms with Crippen LogP contribution in [0, 0.1) is 0 Å². The van der Waals surface area contributed by atoms with E-state index in [1.807, 2.05) is 23.1 Å². The molecule has 132 valence electrons. The van der Waals surface area contributed by atoms with Crippen molar-refractivity contribution < 1.29 is 14.3 Å². The molecule has 3 heterocycles. The van der Waals surface area contributed by atoms with Crippen LogP contribution in [-0.2, 0) is 20.8 Å². The molecule has 1 amide bonds. The van der Waals surface area contributed by atoms with E-state index in [0.29, 0.717) is 56.6 Å². The fraction of sp³-hybridized carbons (Fsp3) is 0.500. The average Bonchev–Trinajstić information content (AvgIpc) is 3.10. The van der Waals surface area contributed by atoms with Crippen LogP contribution in [-0.4, -0.2) is 52.4 Å². The monoisotopic (exact) mass is 343 g/mol. The van der Waals surface area contributed by atoms with Gasteiger partial charge in [-0.2, -0.15) is 0 Å². The van der Waals surface area contributed by atoms with Crippen LogP contribution in [0.4, 0.5) is 0 Å². The number of piperidine rings is 1. The number of carbonyl (C=O) groups excluding carboxylic acids is 1. The lowest BCUT2D eigenvalue weighted by atomic mass is 10.0. The van der Waals surface area contributed by atoms with Gasteiger partial charge in [0.15, 0.2) is 5.79 Å². The van der Waals surface area contributed by atoms with E-state index in [-0.39, 0.29) is 17.9 Å². The topological polar surface area (TPSA) is 73.7 Å². The average molecular weight is 343 g/mol. The normalized spacial score (nSPS) is 19.6. The summed E-state index contributed by atoms with van der Waals surface area (Å²) in [6, 6.07) is 7.23. The van der Waals surface area contributed by atoms with Crippen molar-refractivity contribution >= 4 is 16.8 Å². The van der Waals surface area contributed by atoms with Crippen molar-refractivity contribution in [3.05, 3.63) is 40.9 Å². The summed E-state index contributed by atoms with van der Waals surface area (Å²) in [4.78, 5) is 31.0. The molecule has 0 aliphatic carbocycles. The maximum atomic E-state index is 12.5. The van der Waals surface area contributed by atoms with E-state index < -0.39 is 5.79 Å². The van der Waals surface area contributed by atoms with E-state index in [9.17, 15) is 9.59 Å². The summed E-state index contributed by atoms with van der Waals surface area (Å²) in [6.45, 7) is 2.86. The van der Waals surface area contributed by atoms with Crippen LogP contribution < -0.4 is 5.56 Å². The molecule has 7 nitrogen and oxygen atoms in total. The first-order valence-electron chi connectivity index (χ1n) is 8.67. The summed E-state index contributed by atoms with van der Waals surface area (Å²) in [5.74, 6) is -0.427. The Hall–Kier alpha value is -2.25. The number of carbonyl (C=O) groups is 1. The van der Waals surface area contributed by atoms with Crippen molar-refractivity contribution in [1.82, 2.24) is 14.5 Å². The molecule has 4 rings (SSSR count). The Morgan fingerprint density at radius 2 is 1.88 bits per heavy atom. The smallest absolute Gasteiger partial charge is 0.261 e. The number of benzene rings is 1. The van der Waals surface area contributed by atoms with E-state index in [4.69, 9.17) is 9.47 Å². The van der Waals surface area contributed by atoms with Crippen molar-refractivity contribution in [2.75, 3.05) is 26.3 Å². The van der Waals surface area contributed by atoms with Gasteiger partial charge in [0, 0.05) is 38.9 Å². The van der Waals surface area contributed by atoms with Crippen LogP contribution in [0.15, 0.2) is 35.4 Å². The number of likely N-dealkylation sites (tertiary alicyclic amines) is 1. The number of aryl methyl sites for hydroxylation is 1. The maximum absolute atomic E-state index is 12.5. The molecular formula is C18H21N3O4. The summed E-state index contributed by atoms with van der Waals surface area (Å²) in [5.41, 5.74) is 0.566. The third-order valence-corrected chi connectivity index (χ3v) is 4.99. The predicted molar refractivity (Wildman–Crippen MR) is 91.1 cm³/mol. The van der Waals surface area contributed by atoms with Gasteiger partial charge in [0.1, 0.15) is 0 Å². The Morgan fingerprint density at radius 1 is 1.16 bits per heavy atom. The predicted octanol–water partition coefficient (Wildman–Crippen LogP) is 1.15. The Balaban J connectivity index is 1.38. The van der Waals surface area contributed by atoms with E-state index in [1.165, 1.54) is 10.9 Å². The first kappa shape index (κ1) is 16.2. The summed E-state index contributed by atoms with van der Waals surface area (Å²) < 4.78 is 12.9. The highest BCUT2D eigenvalue weighted by molar-refractivity contribution is 5.77. The Bertz CT molecular complexity index is 832.